The second-order valence-corrected chi connectivity index (χ2v) is 10.5. The molecule has 3 atom stereocenters. The highest BCUT2D eigenvalue weighted by atomic mass is 32.2. The number of nitrogens with one attached hydrogen (secondary N) is 1. The highest BCUT2D eigenvalue weighted by Gasteiger charge is 2.29. The zero-order valence-corrected chi connectivity index (χ0v) is 16.0. The van der Waals surface area contributed by atoms with E-state index in [9.17, 15) is 8.42 Å². The molecule has 0 amide bonds. The average molecular weight is 356 g/mol. The molecule has 3 fully saturated rings. The Bertz CT molecular complexity index is 555. The normalized spacial score (nSPS) is 34.7. The third-order valence-corrected chi connectivity index (χ3v) is 7.99. The number of aliphatic imine (C=N–C) groups is 1. The molecule has 3 rings (SSSR count). The molecule has 2 heterocycles. The highest BCUT2D eigenvalue weighted by Crippen LogP contribution is 2.24. The maximum absolute atomic E-state index is 11.7. The lowest BCUT2D eigenvalue weighted by atomic mass is 9.89. The zero-order valence-electron chi connectivity index (χ0n) is 15.2. The van der Waals surface area contributed by atoms with Crippen LogP contribution in [0.15, 0.2) is 4.99 Å². The molecule has 1 saturated carbocycles. The minimum atomic E-state index is -2.81. The lowest BCUT2D eigenvalue weighted by molar-refractivity contribution is 0.198. The molecule has 0 bridgehead atoms. The van der Waals surface area contributed by atoms with Gasteiger partial charge < -0.3 is 10.2 Å². The van der Waals surface area contributed by atoms with Gasteiger partial charge in [-0.25, -0.2) is 8.42 Å². The minimum Gasteiger partial charge on any atom is -0.354 e. The van der Waals surface area contributed by atoms with E-state index >= 15 is 0 Å². The van der Waals surface area contributed by atoms with E-state index in [1.54, 1.807) is 0 Å². The number of piperidine rings is 1. The van der Waals surface area contributed by atoms with Crippen molar-refractivity contribution in [2.45, 2.75) is 58.4 Å². The SMILES string of the molecule is CC1CCN(C(=NCC2CCS(=O)(=O)C2)NC2CCCC2)CC1C. The van der Waals surface area contributed by atoms with Crippen LogP contribution in [0.3, 0.4) is 0 Å². The molecule has 0 aromatic rings. The molecule has 6 heteroatoms. The third-order valence-electron chi connectivity index (χ3n) is 6.15. The fourth-order valence-electron chi connectivity index (χ4n) is 4.18. The highest BCUT2D eigenvalue weighted by molar-refractivity contribution is 7.91. The van der Waals surface area contributed by atoms with E-state index < -0.39 is 9.84 Å². The second kappa shape index (κ2) is 7.63. The summed E-state index contributed by atoms with van der Waals surface area (Å²) < 4.78 is 23.3. The molecule has 5 nitrogen and oxygen atoms in total. The standard InChI is InChI=1S/C18H33N3O2S/c1-14-7-9-21(12-15(14)2)18(20-17-5-3-4-6-17)19-11-16-8-10-24(22,23)13-16/h14-17H,3-13H2,1-2H3,(H,19,20). The molecule has 0 spiro atoms. The first-order valence-electron chi connectivity index (χ1n) is 9.69. The van der Waals surface area contributed by atoms with Gasteiger partial charge in [0.15, 0.2) is 15.8 Å². The van der Waals surface area contributed by atoms with Crippen LogP contribution >= 0.6 is 0 Å². The predicted octanol–water partition coefficient (Wildman–Crippen LogP) is 2.29. The molecule has 1 aliphatic carbocycles. The van der Waals surface area contributed by atoms with Crippen LogP contribution in [0.25, 0.3) is 0 Å². The summed E-state index contributed by atoms with van der Waals surface area (Å²) in [6, 6.07) is 0.547. The zero-order chi connectivity index (χ0) is 17.2. The minimum absolute atomic E-state index is 0.205. The van der Waals surface area contributed by atoms with E-state index in [1.165, 1.54) is 32.1 Å². The predicted molar refractivity (Wildman–Crippen MR) is 99.0 cm³/mol. The van der Waals surface area contributed by atoms with Gasteiger partial charge in [0.2, 0.25) is 0 Å². The summed E-state index contributed by atoms with van der Waals surface area (Å²) in [6.45, 7) is 7.44. The molecular formula is C18H33N3O2S. The van der Waals surface area contributed by atoms with Crippen LogP contribution < -0.4 is 5.32 Å². The van der Waals surface area contributed by atoms with E-state index in [-0.39, 0.29) is 5.92 Å². The number of sulfone groups is 1. The van der Waals surface area contributed by atoms with Gasteiger partial charge in [-0.3, -0.25) is 4.99 Å². The number of guanidine groups is 1. The van der Waals surface area contributed by atoms with Crippen LogP contribution in [0.4, 0.5) is 0 Å². The van der Waals surface area contributed by atoms with E-state index in [0.29, 0.717) is 30.0 Å². The lowest BCUT2D eigenvalue weighted by Crippen LogP contribution is -2.50. The topological polar surface area (TPSA) is 61.8 Å². The molecule has 0 aromatic carbocycles. The van der Waals surface area contributed by atoms with Crippen molar-refractivity contribution in [2.24, 2.45) is 22.7 Å². The Morgan fingerprint density at radius 3 is 2.50 bits per heavy atom. The molecule has 0 aromatic heterocycles. The van der Waals surface area contributed by atoms with E-state index in [4.69, 9.17) is 4.99 Å². The van der Waals surface area contributed by atoms with Crippen LogP contribution in [0.5, 0.6) is 0 Å². The Morgan fingerprint density at radius 1 is 1.12 bits per heavy atom. The summed E-state index contributed by atoms with van der Waals surface area (Å²) in [5.41, 5.74) is 0. The number of likely N-dealkylation sites (tertiary alicyclic amines) is 1. The smallest absolute Gasteiger partial charge is 0.194 e. The monoisotopic (exact) mass is 355 g/mol. The second-order valence-electron chi connectivity index (χ2n) is 8.25. The van der Waals surface area contributed by atoms with Gasteiger partial charge in [-0.15, -0.1) is 0 Å². The first-order chi connectivity index (χ1) is 11.4. The average Bonchev–Trinajstić information content (AvgIpc) is 3.15. The van der Waals surface area contributed by atoms with E-state index in [2.05, 4.69) is 24.1 Å². The summed E-state index contributed by atoms with van der Waals surface area (Å²) in [5.74, 6) is 3.36. The summed E-state index contributed by atoms with van der Waals surface area (Å²) in [5, 5.41) is 3.69. The van der Waals surface area contributed by atoms with Crippen LogP contribution in [0, 0.1) is 17.8 Å². The van der Waals surface area contributed by atoms with Gasteiger partial charge in [-0.05, 0) is 43.4 Å². The van der Waals surface area contributed by atoms with Crippen molar-refractivity contribution in [3.63, 3.8) is 0 Å². The van der Waals surface area contributed by atoms with Gasteiger partial charge in [-0.1, -0.05) is 26.7 Å². The largest absolute Gasteiger partial charge is 0.354 e. The van der Waals surface area contributed by atoms with Gasteiger partial charge >= 0.3 is 0 Å². The van der Waals surface area contributed by atoms with Crippen molar-refractivity contribution in [3.05, 3.63) is 0 Å². The van der Waals surface area contributed by atoms with Crippen LogP contribution in [0.2, 0.25) is 0 Å². The Balaban J connectivity index is 1.65. The Hall–Kier alpha value is -0.780. The van der Waals surface area contributed by atoms with Crippen LogP contribution in [-0.2, 0) is 9.84 Å². The summed E-state index contributed by atoms with van der Waals surface area (Å²) in [6.07, 6.45) is 7.06. The van der Waals surface area contributed by atoms with Gasteiger partial charge in [0.05, 0.1) is 11.5 Å². The molecule has 2 aliphatic heterocycles. The molecule has 1 N–H and O–H groups in total. The molecule has 138 valence electrons. The fraction of sp³-hybridized carbons (Fsp3) is 0.944. The van der Waals surface area contributed by atoms with Crippen LogP contribution in [0.1, 0.15) is 52.4 Å². The van der Waals surface area contributed by atoms with Crippen molar-refractivity contribution in [1.29, 1.82) is 0 Å². The number of hydrogen-bond acceptors (Lipinski definition) is 3. The fourth-order valence-corrected chi connectivity index (χ4v) is 6.03. The van der Waals surface area contributed by atoms with E-state index in [0.717, 1.165) is 31.4 Å². The molecule has 24 heavy (non-hydrogen) atoms. The maximum atomic E-state index is 11.7. The molecule has 0 radical (unpaired) electrons. The van der Waals surface area contributed by atoms with Gasteiger partial charge in [0.25, 0.3) is 0 Å². The maximum Gasteiger partial charge on any atom is 0.194 e. The van der Waals surface area contributed by atoms with Gasteiger partial charge in [0, 0.05) is 25.7 Å². The van der Waals surface area contributed by atoms with Crippen molar-refractivity contribution in [3.8, 4) is 0 Å². The molecule has 3 unspecified atom stereocenters. The van der Waals surface area contributed by atoms with Crippen molar-refractivity contribution in [2.75, 3.05) is 31.1 Å². The van der Waals surface area contributed by atoms with Crippen molar-refractivity contribution in [1.82, 2.24) is 10.2 Å². The Morgan fingerprint density at radius 2 is 1.88 bits per heavy atom. The third kappa shape index (κ3) is 4.64. The number of nitrogens with zero attached hydrogens (tertiary/aromatic N) is 2. The lowest BCUT2D eigenvalue weighted by Gasteiger charge is -2.38. The van der Waals surface area contributed by atoms with Crippen molar-refractivity contribution < 1.29 is 8.42 Å². The quantitative estimate of drug-likeness (QED) is 0.623. The summed E-state index contributed by atoms with van der Waals surface area (Å²) >= 11 is 0. The Kier molecular flexibility index (Phi) is 5.73. The first kappa shape index (κ1) is 18.0. The van der Waals surface area contributed by atoms with Gasteiger partial charge in [-0.2, -0.15) is 0 Å². The molecule has 3 aliphatic rings. The van der Waals surface area contributed by atoms with Crippen LogP contribution in [-0.4, -0.2) is 56.5 Å². The number of hydrogen-bond donors (Lipinski definition) is 1. The number of rotatable bonds is 3. The summed E-state index contributed by atoms with van der Waals surface area (Å²) in [7, 11) is -2.81. The summed E-state index contributed by atoms with van der Waals surface area (Å²) in [4.78, 5) is 7.29. The van der Waals surface area contributed by atoms with Crippen molar-refractivity contribution >= 4 is 15.8 Å². The Labute approximate surface area is 147 Å². The molecule has 2 saturated heterocycles. The van der Waals surface area contributed by atoms with E-state index in [1.807, 2.05) is 0 Å². The first-order valence-corrected chi connectivity index (χ1v) is 11.5. The molecular weight excluding hydrogens is 322 g/mol. The van der Waals surface area contributed by atoms with Gasteiger partial charge in [0.1, 0.15) is 0 Å².